The molecule has 0 saturated carbocycles. The van der Waals surface area contributed by atoms with E-state index >= 15 is 0 Å². The molecular formula is C16H17N7O. The Balaban J connectivity index is 1.47. The molecule has 0 radical (unpaired) electrons. The Morgan fingerprint density at radius 3 is 2.75 bits per heavy atom. The molecule has 0 spiro atoms. The van der Waals surface area contributed by atoms with Crippen LogP contribution in [-0.2, 0) is 0 Å². The zero-order chi connectivity index (χ0) is 16.5. The minimum atomic E-state index is 0.00444. The van der Waals surface area contributed by atoms with Crippen molar-refractivity contribution < 1.29 is 4.79 Å². The Hall–Kier alpha value is -3.03. The number of aryl methyl sites for hydroxylation is 1. The van der Waals surface area contributed by atoms with Gasteiger partial charge in [0.15, 0.2) is 5.65 Å². The summed E-state index contributed by atoms with van der Waals surface area (Å²) in [5, 5.41) is 11.3. The van der Waals surface area contributed by atoms with Crippen molar-refractivity contribution in [3.05, 3.63) is 47.8 Å². The molecule has 1 aliphatic heterocycles. The summed E-state index contributed by atoms with van der Waals surface area (Å²) in [7, 11) is 0. The van der Waals surface area contributed by atoms with Crippen molar-refractivity contribution in [3.63, 3.8) is 0 Å². The van der Waals surface area contributed by atoms with Gasteiger partial charge in [0.1, 0.15) is 5.82 Å². The van der Waals surface area contributed by atoms with Crippen molar-refractivity contribution in [3.8, 4) is 0 Å². The van der Waals surface area contributed by atoms with E-state index in [-0.39, 0.29) is 5.91 Å². The molecule has 24 heavy (non-hydrogen) atoms. The maximum atomic E-state index is 12.7. The van der Waals surface area contributed by atoms with Crippen molar-refractivity contribution >= 4 is 17.4 Å². The summed E-state index contributed by atoms with van der Waals surface area (Å²) in [5.41, 5.74) is 2.38. The fourth-order valence-corrected chi connectivity index (χ4v) is 2.98. The summed E-state index contributed by atoms with van der Waals surface area (Å²) < 4.78 is 1.51. The van der Waals surface area contributed by atoms with Gasteiger partial charge in [0.2, 0.25) is 0 Å². The quantitative estimate of drug-likeness (QED) is 0.694. The largest absolute Gasteiger partial charge is 0.353 e. The highest BCUT2D eigenvalue weighted by Crippen LogP contribution is 2.18. The normalized spacial score (nSPS) is 15.0. The SMILES string of the molecule is Cc1cccnc1N1CCN(C(=O)c2ccc3nnnn3c2)CC1. The average molecular weight is 323 g/mol. The third kappa shape index (κ3) is 2.55. The van der Waals surface area contributed by atoms with E-state index in [0.717, 1.165) is 24.5 Å². The molecule has 1 saturated heterocycles. The lowest BCUT2D eigenvalue weighted by atomic mass is 10.2. The number of pyridine rings is 2. The van der Waals surface area contributed by atoms with E-state index in [2.05, 4.69) is 38.4 Å². The second-order valence-electron chi connectivity index (χ2n) is 5.82. The van der Waals surface area contributed by atoms with E-state index in [4.69, 9.17) is 0 Å². The number of hydrogen-bond acceptors (Lipinski definition) is 6. The Morgan fingerprint density at radius 2 is 1.96 bits per heavy atom. The van der Waals surface area contributed by atoms with Crippen LogP contribution in [0.15, 0.2) is 36.7 Å². The van der Waals surface area contributed by atoms with Gasteiger partial charge in [-0.1, -0.05) is 6.07 Å². The number of amides is 1. The Bertz CT molecular complexity index is 883. The van der Waals surface area contributed by atoms with E-state index in [9.17, 15) is 4.79 Å². The Labute approximate surface area is 138 Å². The zero-order valence-electron chi connectivity index (χ0n) is 13.3. The molecule has 1 fully saturated rings. The number of anilines is 1. The molecule has 0 atom stereocenters. The molecule has 0 aromatic carbocycles. The zero-order valence-corrected chi connectivity index (χ0v) is 13.3. The van der Waals surface area contributed by atoms with Crippen LogP contribution in [-0.4, -0.2) is 62.0 Å². The number of fused-ring (bicyclic) bond motifs is 1. The van der Waals surface area contributed by atoms with E-state index in [1.165, 1.54) is 4.52 Å². The van der Waals surface area contributed by atoms with Crippen LogP contribution < -0.4 is 4.90 Å². The number of nitrogens with zero attached hydrogens (tertiary/aromatic N) is 7. The summed E-state index contributed by atoms with van der Waals surface area (Å²) in [6, 6.07) is 7.51. The fraction of sp³-hybridized carbons (Fsp3) is 0.312. The van der Waals surface area contributed by atoms with Crippen molar-refractivity contribution in [2.45, 2.75) is 6.92 Å². The van der Waals surface area contributed by atoms with Crippen molar-refractivity contribution in [2.75, 3.05) is 31.1 Å². The molecule has 1 amide bonds. The summed E-state index contributed by atoms with van der Waals surface area (Å²) in [6.45, 7) is 4.94. The van der Waals surface area contributed by atoms with Crippen LogP contribution in [0.2, 0.25) is 0 Å². The Kier molecular flexibility index (Phi) is 3.56. The van der Waals surface area contributed by atoms with Gasteiger partial charge in [0.25, 0.3) is 5.91 Å². The first kappa shape index (κ1) is 14.6. The van der Waals surface area contributed by atoms with E-state index in [0.29, 0.717) is 24.3 Å². The number of piperazine rings is 1. The lowest BCUT2D eigenvalue weighted by Crippen LogP contribution is -2.49. The van der Waals surface area contributed by atoms with Crippen LogP contribution in [0.1, 0.15) is 15.9 Å². The smallest absolute Gasteiger partial charge is 0.255 e. The highest BCUT2D eigenvalue weighted by Gasteiger charge is 2.23. The van der Waals surface area contributed by atoms with Crippen LogP contribution in [0, 0.1) is 6.92 Å². The summed E-state index contributed by atoms with van der Waals surface area (Å²) >= 11 is 0. The molecular weight excluding hydrogens is 306 g/mol. The summed E-state index contributed by atoms with van der Waals surface area (Å²) in [6.07, 6.45) is 3.48. The lowest BCUT2D eigenvalue weighted by Gasteiger charge is -2.36. The highest BCUT2D eigenvalue weighted by molar-refractivity contribution is 5.94. The van der Waals surface area contributed by atoms with E-state index in [1.807, 2.05) is 11.0 Å². The van der Waals surface area contributed by atoms with Gasteiger partial charge < -0.3 is 9.80 Å². The summed E-state index contributed by atoms with van der Waals surface area (Å²) in [4.78, 5) is 21.2. The molecule has 4 heterocycles. The van der Waals surface area contributed by atoms with Crippen LogP contribution in [0.4, 0.5) is 5.82 Å². The van der Waals surface area contributed by atoms with Crippen LogP contribution in [0.25, 0.3) is 5.65 Å². The van der Waals surface area contributed by atoms with Gasteiger partial charge in [-0.2, -0.15) is 4.52 Å². The number of hydrogen-bond donors (Lipinski definition) is 0. The lowest BCUT2D eigenvalue weighted by molar-refractivity contribution is 0.0746. The van der Waals surface area contributed by atoms with E-state index < -0.39 is 0 Å². The van der Waals surface area contributed by atoms with Crippen LogP contribution in [0.5, 0.6) is 0 Å². The second kappa shape index (κ2) is 5.88. The first-order valence-electron chi connectivity index (χ1n) is 7.86. The number of tetrazole rings is 1. The van der Waals surface area contributed by atoms with Gasteiger partial charge in [-0.3, -0.25) is 4.79 Å². The predicted molar refractivity (Wildman–Crippen MR) is 87.9 cm³/mol. The number of carbonyl (C=O) groups is 1. The minimum Gasteiger partial charge on any atom is -0.353 e. The molecule has 0 bridgehead atoms. The Morgan fingerprint density at radius 1 is 1.12 bits per heavy atom. The molecule has 0 unspecified atom stereocenters. The van der Waals surface area contributed by atoms with E-state index in [1.54, 1.807) is 24.5 Å². The van der Waals surface area contributed by atoms with Gasteiger partial charge in [-0.05, 0) is 41.1 Å². The molecule has 4 rings (SSSR count). The van der Waals surface area contributed by atoms with Crippen LogP contribution >= 0.6 is 0 Å². The molecule has 122 valence electrons. The fourth-order valence-electron chi connectivity index (χ4n) is 2.98. The minimum absolute atomic E-state index is 0.00444. The number of aromatic nitrogens is 5. The second-order valence-corrected chi connectivity index (χ2v) is 5.82. The average Bonchev–Trinajstić information content (AvgIpc) is 3.09. The molecule has 3 aromatic heterocycles. The summed E-state index contributed by atoms with van der Waals surface area (Å²) in [5.74, 6) is 1.00. The van der Waals surface area contributed by atoms with Crippen molar-refractivity contribution in [2.24, 2.45) is 0 Å². The topological polar surface area (TPSA) is 79.5 Å². The third-order valence-corrected chi connectivity index (χ3v) is 4.29. The molecule has 3 aromatic rings. The standard InChI is InChI=1S/C16H17N7O/c1-12-3-2-6-17-15(12)21-7-9-22(10-8-21)16(24)13-4-5-14-18-19-20-23(14)11-13/h2-6,11H,7-10H2,1H3. The predicted octanol–water partition coefficient (Wildman–Crippen LogP) is 0.790. The van der Waals surface area contributed by atoms with Gasteiger partial charge in [0.05, 0.1) is 5.56 Å². The third-order valence-electron chi connectivity index (χ3n) is 4.29. The highest BCUT2D eigenvalue weighted by atomic mass is 16.2. The van der Waals surface area contributed by atoms with Crippen molar-refractivity contribution in [1.29, 1.82) is 0 Å². The molecule has 1 aliphatic rings. The molecule has 0 N–H and O–H groups in total. The van der Waals surface area contributed by atoms with Gasteiger partial charge in [-0.25, -0.2) is 4.98 Å². The van der Waals surface area contributed by atoms with Crippen LogP contribution in [0.3, 0.4) is 0 Å². The first-order valence-corrected chi connectivity index (χ1v) is 7.86. The molecule has 0 aliphatic carbocycles. The maximum Gasteiger partial charge on any atom is 0.255 e. The number of rotatable bonds is 2. The maximum absolute atomic E-state index is 12.7. The van der Waals surface area contributed by atoms with Gasteiger partial charge in [0, 0.05) is 38.6 Å². The van der Waals surface area contributed by atoms with Gasteiger partial charge >= 0.3 is 0 Å². The van der Waals surface area contributed by atoms with Gasteiger partial charge in [-0.15, -0.1) is 5.10 Å². The first-order chi connectivity index (χ1) is 11.7. The van der Waals surface area contributed by atoms with Crippen molar-refractivity contribution in [1.82, 2.24) is 29.9 Å². The monoisotopic (exact) mass is 323 g/mol. The molecule has 8 nitrogen and oxygen atoms in total. The molecule has 8 heteroatoms. The number of carbonyl (C=O) groups excluding carboxylic acids is 1.